The van der Waals surface area contributed by atoms with Gasteiger partial charge >= 0.3 is 0 Å². The largest absolute Gasteiger partial charge is 0.612 e. The normalized spacial score (nSPS) is 13.4. The van der Waals surface area contributed by atoms with Crippen molar-refractivity contribution in [3.05, 3.63) is 29.6 Å². The van der Waals surface area contributed by atoms with Crippen LogP contribution in [-0.2, 0) is 11.2 Å². The number of benzene rings is 1. The lowest BCUT2D eigenvalue weighted by Crippen LogP contribution is -2.00. The van der Waals surface area contributed by atoms with Crippen molar-refractivity contribution in [3.8, 4) is 0 Å². The fourth-order valence-corrected chi connectivity index (χ4v) is 1.68. The highest BCUT2D eigenvalue weighted by molar-refractivity contribution is 7.90. The van der Waals surface area contributed by atoms with Gasteiger partial charge in [0.05, 0.1) is 0 Å². The highest BCUT2D eigenvalue weighted by atomic mass is 32.2. The summed E-state index contributed by atoms with van der Waals surface area (Å²) in [7, 11) is 0. The standard InChI is InChI=1S/C10H13FOS/c1-7(2)9-5-4-8(13(3)12)6-10(9)11/h4-7H,1-3H3. The van der Waals surface area contributed by atoms with Crippen LogP contribution in [0.1, 0.15) is 25.3 Å². The zero-order valence-electron chi connectivity index (χ0n) is 8.00. The molecule has 1 nitrogen and oxygen atoms in total. The fraction of sp³-hybridized carbons (Fsp3) is 0.400. The molecule has 3 heteroatoms. The summed E-state index contributed by atoms with van der Waals surface area (Å²) in [5.41, 5.74) is 0.675. The molecular weight excluding hydrogens is 187 g/mol. The molecule has 0 fully saturated rings. The SMILES string of the molecule is CC(C)c1ccc([S+](C)[O-])cc1F. The van der Waals surface area contributed by atoms with E-state index in [0.29, 0.717) is 10.5 Å². The Kier molecular flexibility index (Phi) is 3.33. The predicted octanol–water partition coefficient (Wildman–Crippen LogP) is 2.69. The zero-order chi connectivity index (χ0) is 10.0. The van der Waals surface area contributed by atoms with Crippen LogP contribution in [0.5, 0.6) is 0 Å². The fourth-order valence-electron chi connectivity index (χ4n) is 1.15. The minimum Gasteiger partial charge on any atom is -0.612 e. The Bertz CT molecular complexity index is 297. The first-order chi connectivity index (χ1) is 6.02. The van der Waals surface area contributed by atoms with Gasteiger partial charge in [0.1, 0.15) is 12.1 Å². The number of rotatable bonds is 2. The van der Waals surface area contributed by atoms with Gasteiger partial charge in [0.2, 0.25) is 0 Å². The van der Waals surface area contributed by atoms with E-state index in [1.54, 1.807) is 18.4 Å². The molecule has 0 heterocycles. The van der Waals surface area contributed by atoms with Crippen LogP contribution in [0, 0.1) is 5.82 Å². The molecule has 0 aliphatic carbocycles. The summed E-state index contributed by atoms with van der Waals surface area (Å²) in [6.45, 7) is 3.86. The van der Waals surface area contributed by atoms with E-state index in [2.05, 4.69) is 0 Å². The maximum atomic E-state index is 13.3. The molecule has 0 radical (unpaired) electrons. The summed E-state index contributed by atoms with van der Waals surface area (Å²) >= 11 is -1.10. The summed E-state index contributed by atoms with van der Waals surface area (Å²) in [6.07, 6.45) is 1.55. The van der Waals surface area contributed by atoms with Crippen molar-refractivity contribution in [3.63, 3.8) is 0 Å². The number of halogens is 1. The number of hydrogen-bond acceptors (Lipinski definition) is 1. The third-order valence-corrected chi connectivity index (χ3v) is 2.84. The van der Waals surface area contributed by atoms with Gasteiger partial charge in [-0.1, -0.05) is 19.9 Å². The monoisotopic (exact) mass is 200 g/mol. The molecule has 0 saturated carbocycles. The van der Waals surface area contributed by atoms with Crippen molar-refractivity contribution >= 4 is 11.2 Å². The van der Waals surface area contributed by atoms with Crippen LogP contribution in [-0.4, -0.2) is 10.8 Å². The summed E-state index contributed by atoms with van der Waals surface area (Å²) in [4.78, 5) is 0.543. The van der Waals surface area contributed by atoms with E-state index >= 15 is 0 Å². The Labute approximate surface area is 81.2 Å². The van der Waals surface area contributed by atoms with Crippen molar-refractivity contribution in [1.82, 2.24) is 0 Å². The molecule has 0 N–H and O–H groups in total. The van der Waals surface area contributed by atoms with E-state index in [4.69, 9.17) is 0 Å². The highest BCUT2D eigenvalue weighted by Crippen LogP contribution is 2.21. The van der Waals surface area contributed by atoms with Gasteiger partial charge < -0.3 is 4.55 Å². The molecule has 0 spiro atoms. The Morgan fingerprint density at radius 3 is 2.38 bits per heavy atom. The van der Waals surface area contributed by atoms with Crippen LogP contribution in [0.3, 0.4) is 0 Å². The minimum absolute atomic E-state index is 0.166. The maximum absolute atomic E-state index is 13.3. The van der Waals surface area contributed by atoms with Gasteiger partial charge in [-0.2, -0.15) is 0 Å². The molecule has 1 atom stereocenters. The van der Waals surface area contributed by atoms with E-state index in [1.807, 2.05) is 13.8 Å². The molecule has 0 aromatic heterocycles. The lowest BCUT2D eigenvalue weighted by atomic mass is 10.0. The molecule has 0 aliphatic heterocycles. The van der Waals surface area contributed by atoms with Gasteiger partial charge in [0.25, 0.3) is 0 Å². The van der Waals surface area contributed by atoms with Crippen LogP contribution >= 0.6 is 0 Å². The van der Waals surface area contributed by atoms with Crippen LogP contribution in [0.15, 0.2) is 23.1 Å². The Morgan fingerprint density at radius 2 is 2.00 bits per heavy atom. The lowest BCUT2D eigenvalue weighted by Gasteiger charge is -2.09. The zero-order valence-corrected chi connectivity index (χ0v) is 8.82. The quantitative estimate of drug-likeness (QED) is 0.673. The van der Waals surface area contributed by atoms with E-state index in [9.17, 15) is 8.94 Å². The molecule has 0 aliphatic rings. The molecule has 0 saturated heterocycles. The van der Waals surface area contributed by atoms with Gasteiger partial charge in [-0.15, -0.1) is 0 Å². The highest BCUT2D eigenvalue weighted by Gasteiger charge is 2.11. The van der Waals surface area contributed by atoms with E-state index in [0.717, 1.165) is 0 Å². The first kappa shape index (κ1) is 10.5. The van der Waals surface area contributed by atoms with Crippen LogP contribution in [0.25, 0.3) is 0 Å². The smallest absolute Gasteiger partial charge is 0.155 e. The lowest BCUT2D eigenvalue weighted by molar-refractivity contribution is 0.584. The molecule has 1 rings (SSSR count). The topological polar surface area (TPSA) is 23.1 Å². The van der Waals surface area contributed by atoms with Crippen LogP contribution in [0.2, 0.25) is 0 Å². The Hall–Kier alpha value is -0.540. The summed E-state index contributed by atoms with van der Waals surface area (Å²) in [5.74, 6) is -0.0953. The third-order valence-electron chi connectivity index (χ3n) is 1.93. The van der Waals surface area contributed by atoms with Crippen LogP contribution in [0.4, 0.5) is 4.39 Å². The van der Waals surface area contributed by atoms with Gasteiger partial charge in [0, 0.05) is 6.07 Å². The second-order valence-electron chi connectivity index (χ2n) is 3.29. The van der Waals surface area contributed by atoms with Crippen molar-refractivity contribution in [1.29, 1.82) is 0 Å². The van der Waals surface area contributed by atoms with Crippen molar-refractivity contribution < 1.29 is 8.94 Å². The van der Waals surface area contributed by atoms with Gasteiger partial charge in [0.15, 0.2) is 4.90 Å². The van der Waals surface area contributed by atoms with E-state index < -0.39 is 11.2 Å². The second kappa shape index (κ2) is 4.11. The van der Waals surface area contributed by atoms with Crippen molar-refractivity contribution in [2.75, 3.05) is 6.26 Å². The van der Waals surface area contributed by atoms with Gasteiger partial charge in [-0.25, -0.2) is 4.39 Å². The van der Waals surface area contributed by atoms with Gasteiger partial charge in [-0.3, -0.25) is 0 Å². The molecule has 13 heavy (non-hydrogen) atoms. The summed E-state index contributed by atoms with van der Waals surface area (Å²) < 4.78 is 24.3. The maximum Gasteiger partial charge on any atom is 0.155 e. The van der Waals surface area contributed by atoms with Gasteiger partial charge in [-0.05, 0) is 28.7 Å². The molecule has 1 aromatic rings. The molecular formula is C10H13FOS. The average Bonchev–Trinajstić information content (AvgIpc) is 2.03. The van der Waals surface area contributed by atoms with Crippen molar-refractivity contribution in [2.24, 2.45) is 0 Å². The molecule has 0 amide bonds. The van der Waals surface area contributed by atoms with Crippen LogP contribution < -0.4 is 0 Å². The van der Waals surface area contributed by atoms with Crippen molar-refractivity contribution in [2.45, 2.75) is 24.7 Å². The predicted molar refractivity (Wildman–Crippen MR) is 52.8 cm³/mol. The van der Waals surface area contributed by atoms with E-state index in [1.165, 1.54) is 6.07 Å². The molecule has 1 aromatic carbocycles. The molecule has 1 unspecified atom stereocenters. The number of hydrogen-bond donors (Lipinski definition) is 0. The average molecular weight is 200 g/mol. The summed E-state index contributed by atoms with van der Waals surface area (Å²) in [6, 6.07) is 4.77. The van der Waals surface area contributed by atoms with E-state index in [-0.39, 0.29) is 11.7 Å². The Morgan fingerprint density at radius 1 is 1.38 bits per heavy atom. The minimum atomic E-state index is -1.10. The third kappa shape index (κ3) is 2.45. The first-order valence-electron chi connectivity index (χ1n) is 4.15. The molecule has 0 bridgehead atoms. The Balaban J connectivity index is 3.06. The first-order valence-corrected chi connectivity index (χ1v) is 5.71. The summed E-state index contributed by atoms with van der Waals surface area (Å²) in [5, 5.41) is 0. The molecule has 72 valence electrons. The second-order valence-corrected chi connectivity index (χ2v) is 4.67.